The minimum Gasteiger partial charge on any atom is -0.340 e. The fraction of sp³-hybridized carbons (Fsp3) is 0.474. The third-order valence-corrected chi connectivity index (χ3v) is 8.24. The van der Waals surface area contributed by atoms with Crippen LogP contribution in [-0.2, 0) is 27.5 Å². The van der Waals surface area contributed by atoms with Crippen molar-refractivity contribution in [3.63, 3.8) is 0 Å². The molecule has 4 rings (SSSR count). The van der Waals surface area contributed by atoms with Crippen molar-refractivity contribution in [2.75, 3.05) is 26.2 Å². The second-order valence-corrected chi connectivity index (χ2v) is 10.3. The van der Waals surface area contributed by atoms with Crippen molar-refractivity contribution in [2.45, 2.75) is 24.5 Å². The average Bonchev–Trinajstić information content (AvgIpc) is 3.36. The summed E-state index contributed by atoms with van der Waals surface area (Å²) < 4.78 is 79.9. The first-order chi connectivity index (χ1) is 14.9. The molecule has 3 heterocycles. The van der Waals surface area contributed by atoms with Crippen molar-refractivity contribution < 1.29 is 30.8 Å². The fourth-order valence-corrected chi connectivity index (χ4v) is 5.99. The van der Waals surface area contributed by atoms with Crippen LogP contribution < -0.4 is 0 Å². The van der Waals surface area contributed by atoms with E-state index in [-0.39, 0.29) is 35.5 Å². The lowest BCUT2D eigenvalue weighted by Crippen LogP contribution is -2.37. The number of carbonyl (C=O) groups excluding carboxylic acids is 1. The number of rotatable bonds is 4. The molecule has 0 aliphatic carbocycles. The van der Waals surface area contributed by atoms with Gasteiger partial charge < -0.3 is 4.90 Å². The van der Waals surface area contributed by atoms with Gasteiger partial charge in [0.05, 0.1) is 15.6 Å². The highest BCUT2D eigenvalue weighted by molar-refractivity contribution is 7.89. The van der Waals surface area contributed by atoms with Crippen LogP contribution >= 0.6 is 11.6 Å². The number of amides is 1. The van der Waals surface area contributed by atoms with Crippen molar-refractivity contribution in [1.82, 2.24) is 19.0 Å². The van der Waals surface area contributed by atoms with Gasteiger partial charge in [-0.2, -0.15) is 22.6 Å². The van der Waals surface area contributed by atoms with Crippen LogP contribution in [0.3, 0.4) is 0 Å². The lowest BCUT2D eigenvalue weighted by atomic mass is 10.0. The van der Waals surface area contributed by atoms with Gasteiger partial charge in [0.15, 0.2) is 5.69 Å². The van der Waals surface area contributed by atoms with Gasteiger partial charge in [0.25, 0.3) is 0 Å². The number of fused-ring (bicyclic) bond motifs is 1. The van der Waals surface area contributed by atoms with Gasteiger partial charge in [-0.15, -0.1) is 0 Å². The Morgan fingerprint density at radius 1 is 1.12 bits per heavy atom. The van der Waals surface area contributed by atoms with E-state index in [0.717, 1.165) is 16.8 Å². The monoisotopic (exact) mass is 494 g/mol. The van der Waals surface area contributed by atoms with E-state index in [0.29, 0.717) is 13.1 Å². The molecule has 2 saturated heterocycles. The molecule has 2 aromatic rings. The zero-order chi connectivity index (χ0) is 23.4. The van der Waals surface area contributed by atoms with Crippen LogP contribution in [0.15, 0.2) is 29.2 Å². The molecule has 13 heteroatoms. The maximum atomic E-state index is 13.1. The third kappa shape index (κ3) is 4.11. The van der Waals surface area contributed by atoms with Crippen LogP contribution in [0.2, 0.25) is 5.02 Å². The van der Waals surface area contributed by atoms with Gasteiger partial charge >= 0.3 is 6.18 Å². The summed E-state index contributed by atoms with van der Waals surface area (Å²) in [5, 5.41) is 2.91. The standard InChI is InChI=1S/C19H19ClF4N4O3S/c1-11-17(20)18(19(22,23)24)25-28(11)10-16(29)26-6-12-8-27(9-13(12)7-26)32(30,31)15-4-2-14(21)3-5-15/h2-5,12-13H,6-10H2,1H3. The largest absolute Gasteiger partial charge is 0.436 e. The zero-order valence-corrected chi connectivity index (χ0v) is 18.4. The first-order valence-corrected chi connectivity index (χ1v) is 11.5. The predicted molar refractivity (Wildman–Crippen MR) is 106 cm³/mol. The van der Waals surface area contributed by atoms with Crippen molar-refractivity contribution in [3.8, 4) is 0 Å². The van der Waals surface area contributed by atoms with E-state index in [2.05, 4.69) is 5.10 Å². The zero-order valence-electron chi connectivity index (χ0n) is 16.8. The fourth-order valence-electron chi connectivity index (χ4n) is 4.19. The Hall–Kier alpha value is -2.18. The highest BCUT2D eigenvalue weighted by Crippen LogP contribution is 2.36. The highest BCUT2D eigenvalue weighted by Gasteiger charge is 2.45. The van der Waals surface area contributed by atoms with E-state index in [1.165, 1.54) is 28.3 Å². The Morgan fingerprint density at radius 2 is 1.69 bits per heavy atom. The quantitative estimate of drug-likeness (QED) is 0.613. The molecule has 2 aliphatic heterocycles. The van der Waals surface area contributed by atoms with Gasteiger partial charge in [-0.3, -0.25) is 9.48 Å². The number of hydrogen-bond donors (Lipinski definition) is 0. The van der Waals surface area contributed by atoms with Crippen molar-refractivity contribution in [2.24, 2.45) is 11.8 Å². The Labute approximate surface area is 186 Å². The number of halogens is 5. The first-order valence-electron chi connectivity index (χ1n) is 9.71. The minimum atomic E-state index is -4.72. The molecule has 2 fully saturated rings. The second-order valence-electron chi connectivity index (χ2n) is 8.00. The van der Waals surface area contributed by atoms with Gasteiger partial charge in [-0.25, -0.2) is 12.8 Å². The van der Waals surface area contributed by atoms with Crippen LogP contribution in [-0.4, -0.2) is 59.5 Å². The average molecular weight is 495 g/mol. The van der Waals surface area contributed by atoms with Gasteiger partial charge in [-0.05, 0) is 43.0 Å². The lowest BCUT2D eigenvalue weighted by molar-refractivity contribution is -0.142. The molecule has 0 radical (unpaired) electrons. The first kappa shape index (κ1) is 23.0. The normalized spacial score (nSPS) is 21.9. The molecule has 2 unspecified atom stereocenters. The summed E-state index contributed by atoms with van der Waals surface area (Å²) in [5.74, 6) is -1.14. The molecule has 7 nitrogen and oxygen atoms in total. The van der Waals surface area contributed by atoms with E-state index in [1.807, 2.05) is 0 Å². The Kier molecular flexibility index (Phi) is 5.74. The topological polar surface area (TPSA) is 75.5 Å². The van der Waals surface area contributed by atoms with Crippen LogP contribution in [0.5, 0.6) is 0 Å². The molecule has 0 bridgehead atoms. The van der Waals surface area contributed by atoms with E-state index in [4.69, 9.17) is 11.6 Å². The highest BCUT2D eigenvalue weighted by atomic mass is 35.5. The maximum absolute atomic E-state index is 13.1. The van der Waals surface area contributed by atoms with E-state index in [9.17, 15) is 30.8 Å². The summed E-state index contributed by atoms with van der Waals surface area (Å²) in [6.45, 7) is 1.96. The maximum Gasteiger partial charge on any atom is 0.436 e. The van der Waals surface area contributed by atoms with Crippen LogP contribution in [0.1, 0.15) is 11.4 Å². The van der Waals surface area contributed by atoms with E-state index in [1.54, 1.807) is 0 Å². The molecule has 0 saturated carbocycles. The smallest absolute Gasteiger partial charge is 0.340 e. The summed E-state index contributed by atoms with van der Waals surface area (Å²) >= 11 is 5.73. The Balaban J connectivity index is 1.41. The van der Waals surface area contributed by atoms with Crippen LogP contribution in [0, 0.1) is 24.6 Å². The summed E-state index contributed by atoms with van der Waals surface area (Å²) in [5.41, 5.74) is -1.19. The second kappa shape index (κ2) is 7.99. The molecular formula is C19H19ClF4N4O3S. The molecule has 1 amide bonds. The summed E-state index contributed by atoms with van der Waals surface area (Å²) in [4.78, 5) is 14.2. The van der Waals surface area contributed by atoms with Gasteiger partial charge in [-0.1, -0.05) is 11.6 Å². The van der Waals surface area contributed by atoms with E-state index >= 15 is 0 Å². The SMILES string of the molecule is Cc1c(Cl)c(C(F)(F)F)nn1CC(=O)N1CC2CN(S(=O)(=O)c3ccc(F)cc3)CC2C1. The van der Waals surface area contributed by atoms with Crippen molar-refractivity contribution >= 4 is 27.5 Å². The van der Waals surface area contributed by atoms with Crippen LogP contribution in [0.4, 0.5) is 17.6 Å². The van der Waals surface area contributed by atoms with Gasteiger partial charge in [0.1, 0.15) is 12.4 Å². The van der Waals surface area contributed by atoms with Gasteiger partial charge in [0, 0.05) is 26.2 Å². The van der Waals surface area contributed by atoms with Crippen molar-refractivity contribution in [3.05, 3.63) is 46.5 Å². The molecule has 2 aliphatic rings. The summed E-state index contributed by atoms with van der Waals surface area (Å²) in [6, 6.07) is 4.58. The molecule has 32 heavy (non-hydrogen) atoms. The van der Waals surface area contributed by atoms with E-state index < -0.39 is 45.2 Å². The number of aromatic nitrogens is 2. The molecule has 0 spiro atoms. The summed E-state index contributed by atoms with van der Waals surface area (Å²) in [7, 11) is -3.78. The molecule has 0 N–H and O–H groups in total. The molecule has 1 aromatic carbocycles. The predicted octanol–water partition coefficient (Wildman–Crippen LogP) is 2.78. The lowest BCUT2D eigenvalue weighted by Gasteiger charge is -2.22. The number of nitrogens with zero attached hydrogens (tertiary/aromatic N) is 4. The minimum absolute atomic E-state index is 0.00156. The number of hydrogen-bond acceptors (Lipinski definition) is 4. The van der Waals surface area contributed by atoms with Crippen molar-refractivity contribution in [1.29, 1.82) is 0 Å². The molecular weight excluding hydrogens is 476 g/mol. The Bertz CT molecular complexity index is 1140. The number of sulfonamides is 1. The number of carbonyl (C=O) groups is 1. The molecule has 174 valence electrons. The third-order valence-electron chi connectivity index (χ3n) is 5.94. The Morgan fingerprint density at radius 3 is 2.19 bits per heavy atom. The molecule has 1 aromatic heterocycles. The summed E-state index contributed by atoms with van der Waals surface area (Å²) in [6.07, 6.45) is -4.72. The van der Waals surface area contributed by atoms with Crippen LogP contribution in [0.25, 0.3) is 0 Å². The molecule has 2 atom stereocenters. The number of benzene rings is 1. The van der Waals surface area contributed by atoms with Gasteiger partial charge in [0.2, 0.25) is 15.9 Å². The number of alkyl halides is 3. The number of likely N-dealkylation sites (tertiary alicyclic amines) is 1.